The van der Waals surface area contributed by atoms with Gasteiger partial charge >= 0.3 is 23.7 Å². The number of rotatable bonds is 1. The molecule has 0 aromatic heterocycles. The third-order valence-electron chi connectivity index (χ3n) is 3.25. The Morgan fingerprint density at radius 2 is 1.86 bits per heavy atom. The third kappa shape index (κ3) is 2.38. The van der Waals surface area contributed by atoms with Gasteiger partial charge in [-0.2, -0.15) is 0 Å². The van der Waals surface area contributed by atoms with Crippen LogP contribution in [0.4, 0.5) is 0 Å². The molecule has 0 saturated carbocycles. The first kappa shape index (κ1) is 16.0. The summed E-state index contributed by atoms with van der Waals surface area (Å²) in [6.07, 6.45) is -6.56. The van der Waals surface area contributed by atoms with Crippen molar-refractivity contribution in [1.82, 2.24) is 0 Å². The fraction of sp³-hybridized carbons (Fsp3) is 0.800. The molecule has 0 bridgehead atoms. The van der Waals surface area contributed by atoms with E-state index in [9.17, 15) is 30.0 Å². The number of aliphatic hydroxyl groups excluding tert-OH is 3. The molecule has 2 fully saturated rings. The summed E-state index contributed by atoms with van der Waals surface area (Å²) in [6, 6.07) is -1.49. The Bertz CT molecular complexity index is 457. The van der Waals surface area contributed by atoms with Crippen LogP contribution in [-0.2, 0) is 23.8 Å². The van der Waals surface area contributed by atoms with Gasteiger partial charge in [0.15, 0.2) is 6.10 Å². The fourth-order valence-electron chi connectivity index (χ4n) is 2.04. The van der Waals surface area contributed by atoms with Crippen LogP contribution in [0.15, 0.2) is 0 Å². The van der Waals surface area contributed by atoms with E-state index in [0.717, 1.165) is 0 Å². The molecule has 2 aliphatic heterocycles. The van der Waals surface area contributed by atoms with Crippen LogP contribution in [0.2, 0.25) is 0 Å². The average Bonchev–Trinajstić information content (AvgIpc) is 2.40. The molecule has 2 aliphatic rings. The lowest BCUT2D eigenvalue weighted by Gasteiger charge is -2.50. The van der Waals surface area contributed by atoms with Gasteiger partial charge in [-0.1, -0.05) is 0 Å². The maximum atomic E-state index is 11.6. The van der Waals surface area contributed by atoms with E-state index in [1.54, 1.807) is 0 Å². The number of carbonyl (C=O) groups excluding carboxylic acids is 2. The molecule has 0 radical (unpaired) electrons. The first-order valence-corrected chi connectivity index (χ1v) is 5.94. The third-order valence-corrected chi connectivity index (χ3v) is 3.25. The maximum absolute atomic E-state index is 11.6. The van der Waals surface area contributed by atoms with Crippen molar-refractivity contribution < 1.29 is 49.3 Å². The van der Waals surface area contributed by atoms with E-state index in [2.05, 4.69) is 14.2 Å². The standard InChI is InChI=1S/C10H15NO10/c11-3-1-5(13)20-9(17)7(15)6(14)4(2-12)19-10(9,18)21-8(3)16/h3-4,6-7,12,14-15,17-18H,1-2,11H2/t3?,4-,6-,7+,9-,10?/m1/s1. The summed E-state index contributed by atoms with van der Waals surface area (Å²) in [7, 11) is 0. The Morgan fingerprint density at radius 3 is 2.43 bits per heavy atom. The van der Waals surface area contributed by atoms with E-state index in [1.165, 1.54) is 0 Å². The summed E-state index contributed by atoms with van der Waals surface area (Å²) in [5.41, 5.74) is 5.31. The van der Waals surface area contributed by atoms with Crippen LogP contribution < -0.4 is 5.73 Å². The van der Waals surface area contributed by atoms with Crippen molar-refractivity contribution in [3.63, 3.8) is 0 Å². The van der Waals surface area contributed by atoms with Crippen molar-refractivity contribution in [2.45, 2.75) is 42.5 Å². The molecular formula is C10H15NO10. The van der Waals surface area contributed by atoms with Gasteiger partial charge in [0, 0.05) is 0 Å². The first-order valence-electron chi connectivity index (χ1n) is 5.94. The predicted molar refractivity (Wildman–Crippen MR) is 58.6 cm³/mol. The summed E-state index contributed by atoms with van der Waals surface area (Å²) in [6.45, 7) is -0.895. The van der Waals surface area contributed by atoms with Gasteiger partial charge in [-0.25, -0.2) is 0 Å². The first-order chi connectivity index (χ1) is 9.64. The maximum Gasteiger partial charge on any atom is 0.399 e. The summed E-state index contributed by atoms with van der Waals surface area (Å²) in [5, 5.41) is 48.8. The monoisotopic (exact) mass is 309 g/mol. The lowest BCUT2D eigenvalue weighted by molar-refractivity contribution is -0.512. The smallest absolute Gasteiger partial charge is 0.399 e. The Balaban J connectivity index is 2.45. The molecule has 2 saturated heterocycles. The van der Waals surface area contributed by atoms with Gasteiger partial charge in [0.2, 0.25) is 0 Å². The Labute approximate surface area is 117 Å². The van der Waals surface area contributed by atoms with E-state index < -0.39 is 61.1 Å². The normalized spacial score (nSPS) is 47.7. The minimum Gasteiger partial charge on any atom is -0.420 e. The van der Waals surface area contributed by atoms with Gasteiger partial charge in [0.05, 0.1) is 13.0 Å². The van der Waals surface area contributed by atoms with E-state index in [4.69, 9.17) is 10.8 Å². The molecule has 7 N–H and O–H groups in total. The number of hydrogen-bond acceptors (Lipinski definition) is 11. The van der Waals surface area contributed by atoms with Gasteiger partial charge in [0.1, 0.15) is 18.2 Å². The van der Waals surface area contributed by atoms with Crippen LogP contribution in [0.3, 0.4) is 0 Å². The second-order valence-corrected chi connectivity index (χ2v) is 4.76. The molecule has 2 heterocycles. The largest absolute Gasteiger partial charge is 0.420 e. The molecule has 0 aliphatic carbocycles. The number of esters is 2. The van der Waals surface area contributed by atoms with E-state index in [0.29, 0.717) is 0 Å². The molecular weight excluding hydrogens is 294 g/mol. The summed E-state index contributed by atoms with van der Waals surface area (Å²) < 4.78 is 13.6. The molecule has 0 aromatic carbocycles. The predicted octanol–water partition coefficient (Wildman–Crippen LogP) is -4.75. The van der Waals surface area contributed by atoms with Gasteiger partial charge in [0.25, 0.3) is 0 Å². The number of fused-ring (bicyclic) bond motifs is 1. The molecule has 0 amide bonds. The number of nitrogens with two attached hydrogens (primary N) is 1. The molecule has 11 heteroatoms. The van der Waals surface area contributed by atoms with Crippen LogP contribution in [0.25, 0.3) is 0 Å². The summed E-state index contributed by atoms with van der Waals surface area (Å²) in [5.74, 6) is -9.18. The summed E-state index contributed by atoms with van der Waals surface area (Å²) >= 11 is 0. The van der Waals surface area contributed by atoms with Crippen LogP contribution in [-0.4, -0.2) is 80.2 Å². The van der Waals surface area contributed by atoms with Crippen molar-refractivity contribution in [3.8, 4) is 0 Å². The lowest BCUT2D eigenvalue weighted by atomic mass is 9.93. The van der Waals surface area contributed by atoms with Crippen LogP contribution in [0.5, 0.6) is 0 Å². The zero-order chi connectivity index (χ0) is 16.0. The highest BCUT2D eigenvalue weighted by Crippen LogP contribution is 2.40. The highest BCUT2D eigenvalue weighted by atomic mass is 16.9. The van der Waals surface area contributed by atoms with Crippen molar-refractivity contribution in [2.24, 2.45) is 5.73 Å². The zero-order valence-electron chi connectivity index (χ0n) is 10.6. The number of aliphatic hydroxyl groups is 5. The van der Waals surface area contributed by atoms with E-state index in [1.807, 2.05) is 0 Å². The van der Waals surface area contributed by atoms with Crippen LogP contribution in [0, 0.1) is 0 Å². The molecule has 0 spiro atoms. The number of hydrogen-bond donors (Lipinski definition) is 6. The fourth-order valence-corrected chi connectivity index (χ4v) is 2.04. The SMILES string of the molecule is NC1CC(=O)O[C@]2(O)[C@@H](O)[C@H](O)[C@@H](CO)OC2(O)OC1=O. The number of carbonyl (C=O) groups is 2. The van der Waals surface area contributed by atoms with E-state index in [-0.39, 0.29) is 0 Å². The van der Waals surface area contributed by atoms with Crippen molar-refractivity contribution >= 4 is 11.9 Å². The van der Waals surface area contributed by atoms with Gasteiger partial charge in [-0.3, -0.25) is 9.59 Å². The van der Waals surface area contributed by atoms with Crippen LogP contribution >= 0.6 is 0 Å². The highest BCUT2D eigenvalue weighted by Gasteiger charge is 2.70. The molecule has 11 nitrogen and oxygen atoms in total. The minimum absolute atomic E-state index is 0.691. The van der Waals surface area contributed by atoms with Gasteiger partial charge in [-0.15, -0.1) is 0 Å². The second kappa shape index (κ2) is 5.14. The topological polar surface area (TPSA) is 189 Å². The van der Waals surface area contributed by atoms with E-state index >= 15 is 0 Å². The minimum atomic E-state index is -3.34. The molecule has 2 rings (SSSR count). The average molecular weight is 309 g/mol. The molecule has 120 valence electrons. The molecule has 2 unspecified atom stereocenters. The molecule has 21 heavy (non-hydrogen) atoms. The van der Waals surface area contributed by atoms with Crippen molar-refractivity contribution in [3.05, 3.63) is 0 Å². The Morgan fingerprint density at radius 1 is 1.24 bits per heavy atom. The van der Waals surface area contributed by atoms with Gasteiger partial charge in [-0.05, 0) is 0 Å². The second-order valence-electron chi connectivity index (χ2n) is 4.76. The highest BCUT2D eigenvalue weighted by molar-refractivity contribution is 5.83. The number of ether oxygens (including phenoxy) is 3. The van der Waals surface area contributed by atoms with Crippen molar-refractivity contribution in [1.29, 1.82) is 0 Å². The Hall–Kier alpha value is -1.34. The van der Waals surface area contributed by atoms with Crippen LogP contribution in [0.1, 0.15) is 6.42 Å². The van der Waals surface area contributed by atoms with Crippen molar-refractivity contribution in [2.75, 3.05) is 6.61 Å². The van der Waals surface area contributed by atoms with Gasteiger partial charge < -0.3 is 45.5 Å². The quantitative estimate of drug-likeness (QED) is 0.255. The molecule has 6 atom stereocenters. The lowest BCUT2D eigenvalue weighted by Crippen LogP contribution is -2.76. The summed E-state index contributed by atoms with van der Waals surface area (Å²) in [4.78, 5) is 23.1. The Kier molecular flexibility index (Phi) is 3.92. The molecule has 0 aromatic rings. The zero-order valence-corrected chi connectivity index (χ0v) is 10.6.